The van der Waals surface area contributed by atoms with Crippen LogP contribution < -0.4 is 5.32 Å². The molecule has 1 fully saturated rings. The predicted octanol–water partition coefficient (Wildman–Crippen LogP) is 2.25. The Morgan fingerprint density at radius 1 is 1.12 bits per heavy atom. The molecular formula is C19H21N3O2. The van der Waals surface area contributed by atoms with E-state index in [2.05, 4.69) is 10.3 Å². The zero-order valence-corrected chi connectivity index (χ0v) is 13.5. The maximum atomic E-state index is 12.4. The van der Waals surface area contributed by atoms with Crippen molar-refractivity contribution in [1.29, 1.82) is 0 Å². The molecule has 0 saturated carbocycles. The van der Waals surface area contributed by atoms with Crippen LogP contribution in [0.3, 0.4) is 0 Å². The van der Waals surface area contributed by atoms with Crippen molar-refractivity contribution in [2.24, 2.45) is 5.92 Å². The molecule has 1 saturated heterocycles. The average Bonchev–Trinajstić information content (AvgIpc) is 3.09. The fourth-order valence-corrected chi connectivity index (χ4v) is 2.98. The van der Waals surface area contributed by atoms with E-state index in [9.17, 15) is 9.59 Å². The summed E-state index contributed by atoms with van der Waals surface area (Å²) >= 11 is 0. The van der Waals surface area contributed by atoms with Gasteiger partial charge in [0, 0.05) is 44.0 Å². The van der Waals surface area contributed by atoms with E-state index in [0.29, 0.717) is 25.1 Å². The maximum Gasteiger partial charge on any atom is 0.253 e. The van der Waals surface area contributed by atoms with Crippen LogP contribution in [0.5, 0.6) is 0 Å². The molecule has 2 heterocycles. The van der Waals surface area contributed by atoms with Gasteiger partial charge in [0.05, 0.1) is 0 Å². The van der Waals surface area contributed by atoms with E-state index in [-0.39, 0.29) is 17.7 Å². The van der Waals surface area contributed by atoms with Gasteiger partial charge in [-0.05, 0) is 42.2 Å². The first-order valence-electron chi connectivity index (χ1n) is 8.22. The smallest absolute Gasteiger partial charge is 0.253 e. The molecule has 24 heavy (non-hydrogen) atoms. The Morgan fingerprint density at radius 2 is 1.88 bits per heavy atom. The summed E-state index contributed by atoms with van der Waals surface area (Å²) in [5.41, 5.74) is 1.74. The second-order valence-electron chi connectivity index (χ2n) is 6.11. The summed E-state index contributed by atoms with van der Waals surface area (Å²) in [5.74, 6) is 0.316. The van der Waals surface area contributed by atoms with Crippen molar-refractivity contribution in [3.63, 3.8) is 0 Å². The summed E-state index contributed by atoms with van der Waals surface area (Å²) in [6, 6.07) is 13.1. The van der Waals surface area contributed by atoms with Crippen LogP contribution in [0.1, 0.15) is 28.8 Å². The first kappa shape index (κ1) is 16.2. The molecule has 1 aliphatic heterocycles. The molecule has 0 aliphatic carbocycles. The molecule has 1 N–H and O–H groups in total. The number of aromatic nitrogens is 1. The Morgan fingerprint density at radius 3 is 2.62 bits per heavy atom. The molecule has 1 aromatic carbocycles. The summed E-state index contributed by atoms with van der Waals surface area (Å²) in [6.45, 7) is 1.88. The Hall–Kier alpha value is -2.69. The van der Waals surface area contributed by atoms with Gasteiger partial charge in [0.25, 0.3) is 5.91 Å². The molecule has 1 unspecified atom stereocenters. The van der Waals surface area contributed by atoms with Crippen LogP contribution in [0.2, 0.25) is 0 Å². The van der Waals surface area contributed by atoms with E-state index in [1.165, 1.54) is 0 Å². The molecule has 0 spiro atoms. The van der Waals surface area contributed by atoms with Gasteiger partial charge in [-0.2, -0.15) is 0 Å². The number of nitrogens with zero attached hydrogens (tertiary/aromatic N) is 2. The lowest BCUT2D eigenvalue weighted by atomic mass is 10.0. The number of nitrogens with one attached hydrogen (secondary N) is 1. The van der Waals surface area contributed by atoms with E-state index >= 15 is 0 Å². The van der Waals surface area contributed by atoms with Gasteiger partial charge in [-0.15, -0.1) is 0 Å². The third-order valence-electron chi connectivity index (χ3n) is 4.31. The third-order valence-corrected chi connectivity index (χ3v) is 4.31. The highest BCUT2D eigenvalue weighted by atomic mass is 16.2. The second kappa shape index (κ2) is 7.73. The van der Waals surface area contributed by atoms with Gasteiger partial charge in [-0.25, -0.2) is 0 Å². The predicted molar refractivity (Wildman–Crippen MR) is 91.2 cm³/mol. The van der Waals surface area contributed by atoms with Crippen molar-refractivity contribution in [3.8, 4) is 0 Å². The molecule has 2 amide bonds. The van der Waals surface area contributed by atoms with Crippen LogP contribution in [0, 0.1) is 5.92 Å². The van der Waals surface area contributed by atoms with E-state index in [0.717, 1.165) is 18.5 Å². The minimum absolute atomic E-state index is 0.0332. The topological polar surface area (TPSA) is 62.3 Å². The van der Waals surface area contributed by atoms with Crippen LogP contribution in [-0.2, 0) is 11.3 Å². The van der Waals surface area contributed by atoms with Crippen LogP contribution in [-0.4, -0.2) is 34.8 Å². The Balaban J connectivity index is 1.46. The molecule has 1 aromatic heterocycles. The number of amides is 2. The van der Waals surface area contributed by atoms with Crippen molar-refractivity contribution in [3.05, 3.63) is 66.0 Å². The molecule has 0 bridgehead atoms. The van der Waals surface area contributed by atoms with Gasteiger partial charge in [0.2, 0.25) is 5.91 Å². The van der Waals surface area contributed by atoms with Crippen molar-refractivity contribution in [2.75, 3.05) is 13.1 Å². The highest BCUT2D eigenvalue weighted by molar-refractivity contribution is 5.94. The van der Waals surface area contributed by atoms with Gasteiger partial charge in [0.1, 0.15) is 0 Å². The van der Waals surface area contributed by atoms with E-state index in [4.69, 9.17) is 0 Å². The molecule has 0 radical (unpaired) electrons. The number of pyridine rings is 1. The quantitative estimate of drug-likeness (QED) is 0.918. The van der Waals surface area contributed by atoms with Gasteiger partial charge in [-0.3, -0.25) is 14.6 Å². The largest absolute Gasteiger partial charge is 0.352 e. The van der Waals surface area contributed by atoms with Crippen LogP contribution >= 0.6 is 0 Å². The second-order valence-corrected chi connectivity index (χ2v) is 6.11. The molecule has 1 aliphatic rings. The molecule has 2 aromatic rings. The number of carbonyl (C=O) groups excluding carboxylic acids is 2. The summed E-state index contributed by atoms with van der Waals surface area (Å²) in [6.07, 6.45) is 4.77. The van der Waals surface area contributed by atoms with Crippen molar-refractivity contribution in [2.45, 2.75) is 19.4 Å². The van der Waals surface area contributed by atoms with Crippen molar-refractivity contribution in [1.82, 2.24) is 15.2 Å². The number of rotatable bonds is 5. The minimum Gasteiger partial charge on any atom is -0.352 e. The Kier molecular flexibility index (Phi) is 5.21. The lowest BCUT2D eigenvalue weighted by molar-refractivity contribution is -0.122. The highest BCUT2D eigenvalue weighted by Crippen LogP contribution is 2.21. The lowest BCUT2D eigenvalue weighted by Crippen LogP contribution is -2.30. The number of likely N-dealkylation sites (tertiary alicyclic amines) is 1. The Labute approximate surface area is 141 Å². The fourth-order valence-electron chi connectivity index (χ4n) is 2.98. The summed E-state index contributed by atoms with van der Waals surface area (Å²) in [7, 11) is 0. The number of hydrogen-bond donors (Lipinski definition) is 1. The standard InChI is InChI=1S/C19H21N3O2/c23-18(21-13-15-6-9-20-10-7-15)12-16-8-11-22(14-16)19(24)17-4-2-1-3-5-17/h1-7,9-10,16H,8,11-14H2,(H,21,23). The van der Waals surface area contributed by atoms with Crippen LogP contribution in [0.25, 0.3) is 0 Å². The number of carbonyl (C=O) groups is 2. The normalized spacial score (nSPS) is 16.8. The van der Waals surface area contributed by atoms with Gasteiger partial charge >= 0.3 is 0 Å². The summed E-state index contributed by atoms with van der Waals surface area (Å²) in [5, 5.41) is 2.93. The molecule has 5 heteroatoms. The SMILES string of the molecule is O=C(CC1CCN(C(=O)c2ccccc2)C1)NCc1ccncc1. The van der Waals surface area contributed by atoms with Crippen molar-refractivity contribution >= 4 is 11.8 Å². The minimum atomic E-state index is 0.0332. The molecule has 5 nitrogen and oxygen atoms in total. The zero-order valence-electron chi connectivity index (χ0n) is 13.5. The van der Waals surface area contributed by atoms with Crippen LogP contribution in [0.4, 0.5) is 0 Å². The van der Waals surface area contributed by atoms with E-state index in [1.807, 2.05) is 47.4 Å². The summed E-state index contributed by atoms with van der Waals surface area (Å²) < 4.78 is 0. The van der Waals surface area contributed by atoms with Gasteiger partial charge in [0.15, 0.2) is 0 Å². The number of hydrogen-bond acceptors (Lipinski definition) is 3. The van der Waals surface area contributed by atoms with Crippen LogP contribution in [0.15, 0.2) is 54.9 Å². The zero-order chi connectivity index (χ0) is 16.8. The third kappa shape index (κ3) is 4.19. The average molecular weight is 323 g/mol. The van der Waals surface area contributed by atoms with Crippen molar-refractivity contribution < 1.29 is 9.59 Å². The molecular weight excluding hydrogens is 302 g/mol. The lowest BCUT2D eigenvalue weighted by Gasteiger charge is -2.16. The van der Waals surface area contributed by atoms with E-state index in [1.54, 1.807) is 12.4 Å². The molecule has 1 atom stereocenters. The first-order chi connectivity index (χ1) is 11.7. The number of benzene rings is 1. The Bertz CT molecular complexity index is 688. The fraction of sp³-hybridized carbons (Fsp3) is 0.316. The van der Waals surface area contributed by atoms with E-state index < -0.39 is 0 Å². The van der Waals surface area contributed by atoms with Gasteiger partial charge < -0.3 is 10.2 Å². The highest BCUT2D eigenvalue weighted by Gasteiger charge is 2.28. The summed E-state index contributed by atoms with van der Waals surface area (Å²) in [4.78, 5) is 30.3. The first-order valence-corrected chi connectivity index (χ1v) is 8.22. The van der Waals surface area contributed by atoms with Gasteiger partial charge in [-0.1, -0.05) is 18.2 Å². The maximum absolute atomic E-state index is 12.4. The molecule has 124 valence electrons. The monoisotopic (exact) mass is 323 g/mol. The molecule has 3 rings (SSSR count).